The number of benzene rings is 2. The third-order valence-corrected chi connectivity index (χ3v) is 4.97. The monoisotopic (exact) mass is 380 g/mol. The molecule has 0 unspecified atom stereocenters. The number of carbonyl (C=O) groups excluding carboxylic acids is 2. The standard InChI is InChI=1S/C23H28N2O3/c26-22(12-7-17-28-21-10-5-2-6-11-21)24-20-13-15-25(16-14-20)23(27)18-19-8-3-1-4-9-19/h1-6,8-11,20H,7,12-18H2,(H,24,26). The summed E-state index contributed by atoms with van der Waals surface area (Å²) in [7, 11) is 0. The second-order valence-electron chi connectivity index (χ2n) is 7.15. The number of nitrogens with one attached hydrogen (secondary N) is 1. The molecule has 1 N–H and O–H groups in total. The van der Waals surface area contributed by atoms with Gasteiger partial charge < -0.3 is 15.0 Å². The Hall–Kier alpha value is -2.82. The van der Waals surface area contributed by atoms with Crippen LogP contribution in [0.3, 0.4) is 0 Å². The van der Waals surface area contributed by atoms with Crippen molar-refractivity contribution in [1.29, 1.82) is 0 Å². The van der Waals surface area contributed by atoms with E-state index in [1.54, 1.807) is 0 Å². The van der Waals surface area contributed by atoms with E-state index in [9.17, 15) is 9.59 Å². The van der Waals surface area contributed by atoms with Gasteiger partial charge in [-0.15, -0.1) is 0 Å². The Morgan fingerprint density at radius 3 is 2.29 bits per heavy atom. The van der Waals surface area contributed by atoms with E-state index < -0.39 is 0 Å². The van der Waals surface area contributed by atoms with Crippen molar-refractivity contribution in [2.75, 3.05) is 19.7 Å². The van der Waals surface area contributed by atoms with Crippen molar-refractivity contribution in [2.45, 2.75) is 38.1 Å². The van der Waals surface area contributed by atoms with E-state index in [-0.39, 0.29) is 17.9 Å². The summed E-state index contributed by atoms with van der Waals surface area (Å²) in [6, 6.07) is 19.6. The van der Waals surface area contributed by atoms with Crippen molar-refractivity contribution in [3.05, 3.63) is 66.2 Å². The van der Waals surface area contributed by atoms with Crippen LogP contribution in [0.25, 0.3) is 0 Å². The summed E-state index contributed by atoms with van der Waals surface area (Å²) in [4.78, 5) is 26.5. The van der Waals surface area contributed by atoms with Gasteiger partial charge in [-0.3, -0.25) is 9.59 Å². The van der Waals surface area contributed by atoms with Crippen molar-refractivity contribution in [3.8, 4) is 5.75 Å². The smallest absolute Gasteiger partial charge is 0.226 e. The summed E-state index contributed by atoms with van der Waals surface area (Å²) >= 11 is 0. The molecule has 0 bridgehead atoms. The molecule has 148 valence electrons. The number of hydrogen-bond donors (Lipinski definition) is 1. The number of piperidine rings is 1. The van der Waals surface area contributed by atoms with Gasteiger partial charge in [0.2, 0.25) is 11.8 Å². The number of amides is 2. The van der Waals surface area contributed by atoms with E-state index in [2.05, 4.69) is 5.32 Å². The van der Waals surface area contributed by atoms with Crippen LogP contribution in [0.2, 0.25) is 0 Å². The van der Waals surface area contributed by atoms with E-state index in [4.69, 9.17) is 4.74 Å². The van der Waals surface area contributed by atoms with Gasteiger partial charge in [-0.2, -0.15) is 0 Å². The lowest BCUT2D eigenvalue weighted by atomic mass is 10.0. The molecule has 1 heterocycles. The van der Waals surface area contributed by atoms with E-state index >= 15 is 0 Å². The quantitative estimate of drug-likeness (QED) is 0.716. The topological polar surface area (TPSA) is 58.6 Å². The first-order chi connectivity index (χ1) is 13.7. The van der Waals surface area contributed by atoms with Crippen molar-refractivity contribution < 1.29 is 14.3 Å². The molecule has 0 aromatic heterocycles. The maximum atomic E-state index is 12.4. The molecular weight excluding hydrogens is 352 g/mol. The number of nitrogens with zero attached hydrogens (tertiary/aromatic N) is 1. The zero-order valence-corrected chi connectivity index (χ0v) is 16.2. The Balaban J connectivity index is 1.30. The molecule has 5 nitrogen and oxygen atoms in total. The molecule has 0 saturated carbocycles. The van der Waals surface area contributed by atoms with Crippen LogP contribution >= 0.6 is 0 Å². The number of likely N-dealkylation sites (tertiary alicyclic amines) is 1. The molecule has 2 aromatic rings. The third kappa shape index (κ3) is 6.41. The van der Waals surface area contributed by atoms with Crippen LogP contribution in [0.1, 0.15) is 31.2 Å². The highest BCUT2D eigenvalue weighted by atomic mass is 16.5. The number of carbonyl (C=O) groups is 2. The van der Waals surface area contributed by atoms with Crippen molar-refractivity contribution in [3.63, 3.8) is 0 Å². The predicted molar refractivity (Wildman–Crippen MR) is 109 cm³/mol. The summed E-state index contributed by atoms with van der Waals surface area (Å²) in [6.07, 6.45) is 3.22. The lowest BCUT2D eigenvalue weighted by Gasteiger charge is -2.32. The van der Waals surface area contributed by atoms with Crippen molar-refractivity contribution >= 4 is 11.8 Å². The van der Waals surface area contributed by atoms with Gasteiger partial charge in [0.1, 0.15) is 5.75 Å². The van der Waals surface area contributed by atoms with Crippen LogP contribution in [0.4, 0.5) is 0 Å². The molecule has 0 atom stereocenters. The molecule has 1 fully saturated rings. The molecule has 5 heteroatoms. The molecule has 0 aliphatic carbocycles. The predicted octanol–water partition coefficient (Wildman–Crippen LogP) is 3.20. The van der Waals surface area contributed by atoms with Crippen molar-refractivity contribution in [2.24, 2.45) is 0 Å². The zero-order chi connectivity index (χ0) is 19.6. The van der Waals surface area contributed by atoms with Gasteiger partial charge in [-0.25, -0.2) is 0 Å². The third-order valence-electron chi connectivity index (χ3n) is 4.97. The first-order valence-electron chi connectivity index (χ1n) is 9.99. The minimum absolute atomic E-state index is 0.0609. The average molecular weight is 380 g/mol. The fourth-order valence-corrected chi connectivity index (χ4v) is 3.39. The number of para-hydroxylation sites is 1. The van der Waals surface area contributed by atoms with Crippen molar-refractivity contribution in [1.82, 2.24) is 10.2 Å². The highest BCUT2D eigenvalue weighted by Crippen LogP contribution is 2.13. The minimum Gasteiger partial charge on any atom is -0.494 e. The fourth-order valence-electron chi connectivity index (χ4n) is 3.39. The van der Waals surface area contributed by atoms with Crippen LogP contribution in [0, 0.1) is 0 Å². The molecule has 0 spiro atoms. The van der Waals surface area contributed by atoms with Gasteiger partial charge in [0.15, 0.2) is 0 Å². The molecular formula is C23H28N2O3. The van der Waals surface area contributed by atoms with Crippen LogP contribution in [0.15, 0.2) is 60.7 Å². The largest absolute Gasteiger partial charge is 0.494 e. The lowest BCUT2D eigenvalue weighted by Crippen LogP contribution is -2.47. The van der Waals surface area contributed by atoms with Crippen LogP contribution in [0.5, 0.6) is 5.75 Å². The molecule has 1 aliphatic rings. The summed E-state index contributed by atoms with van der Waals surface area (Å²) in [5, 5.41) is 3.09. The van der Waals surface area contributed by atoms with Crippen LogP contribution in [-0.2, 0) is 16.0 Å². The van der Waals surface area contributed by atoms with Gasteiger partial charge in [0.05, 0.1) is 13.0 Å². The number of rotatable bonds is 8. The summed E-state index contributed by atoms with van der Waals surface area (Å²) in [5.74, 6) is 1.05. The average Bonchev–Trinajstić information content (AvgIpc) is 2.73. The Labute approximate surface area is 166 Å². The first-order valence-corrected chi connectivity index (χ1v) is 9.99. The van der Waals surface area contributed by atoms with E-state index in [0.29, 0.717) is 39.0 Å². The minimum atomic E-state index is 0.0609. The van der Waals surface area contributed by atoms with Crippen LogP contribution < -0.4 is 10.1 Å². The molecule has 28 heavy (non-hydrogen) atoms. The lowest BCUT2D eigenvalue weighted by molar-refractivity contribution is -0.131. The molecule has 0 radical (unpaired) electrons. The van der Waals surface area contributed by atoms with E-state index in [1.807, 2.05) is 65.6 Å². The molecule has 2 aromatic carbocycles. The molecule has 3 rings (SSSR count). The second kappa shape index (κ2) is 10.5. The highest BCUT2D eigenvalue weighted by Gasteiger charge is 2.23. The zero-order valence-electron chi connectivity index (χ0n) is 16.2. The maximum Gasteiger partial charge on any atom is 0.226 e. The Morgan fingerprint density at radius 1 is 0.964 bits per heavy atom. The molecule has 1 aliphatic heterocycles. The fraction of sp³-hybridized carbons (Fsp3) is 0.391. The van der Waals surface area contributed by atoms with Gasteiger partial charge >= 0.3 is 0 Å². The number of ether oxygens (including phenoxy) is 1. The summed E-state index contributed by atoms with van der Waals surface area (Å²) in [6.45, 7) is 1.94. The molecule has 2 amide bonds. The van der Waals surface area contributed by atoms with Gasteiger partial charge in [-0.1, -0.05) is 48.5 Å². The van der Waals surface area contributed by atoms with Gasteiger partial charge in [0, 0.05) is 25.6 Å². The number of hydrogen-bond acceptors (Lipinski definition) is 3. The van der Waals surface area contributed by atoms with Crippen LogP contribution in [-0.4, -0.2) is 42.5 Å². The second-order valence-corrected chi connectivity index (χ2v) is 7.15. The summed E-state index contributed by atoms with van der Waals surface area (Å²) < 4.78 is 5.61. The Morgan fingerprint density at radius 2 is 1.61 bits per heavy atom. The Bertz CT molecular complexity index is 741. The molecule has 1 saturated heterocycles. The van der Waals surface area contributed by atoms with E-state index in [0.717, 1.165) is 24.2 Å². The highest BCUT2D eigenvalue weighted by molar-refractivity contribution is 5.79. The van der Waals surface area contributed by atoms with Gasteiger partial charge in [-0.05, 0) is 37.0 Å². The first kappa shape index (κ1) is 19.9. The maximum absolute atomic E-state index is 12.4. The SMILES string of the molecule is O=C(CCCOc1ccccc1)NC1CCN(C(=O)Cc2ccccc2)CC1. The van der Waals surface area contributed by atoms with E-state index in [1.165, 1.54) is 0 Å². The normalized spacial score (nSPS) is 14.5. The summed E-state index contributed by atoms with van der Waals surface area (Å²) in [5.41, 5.74) is 1.04. The Kier molecular flexibility index (Phi) is 7.47. The van der Waals surface area contributed by atoms with Gasteiger partial charge in [0.25, 0.3) is 0 Å².